The minimum absolute atomic E-state index is 0.00212. The number of rotatable bonds is 5. The summed E-state index contributed by atoms with van der Waals surface area (Å²) in [6.45, 7) is 18.9. The van der Waals surface area contributed by atoms with E-state index < -0.39 is 0 Å². The van der Waals surface area contributed by atoms with E-state index in [9.17, 15) is 4.79 Å². The fourth-order valence-electron chi connectivity index (χ4n) is 4.45. The van der Waals surface area contributed by atoms with Crippen molar-refractivity contribution in [2.24, 2.45) is 22.7 Å². The van der Waals surface area contributed by atoms with Crippen LogP contribution in [0.4, 0.5) is 5.69 Å². The minimum atomic E-state index is -0.00212. The maximum atomic E-state index is 12.8. The predicted octanol–water partition coefficient (Wildman–Crippen LogP) is 6.52. The first-order chi connectivity index (χ1) is 14.8. The summed E-state index contributed by atoms with van der Waals surface area (Å²) in [5.41, 5.74) is 4.52. The maximum Gasteiger partial charge on any atom is 0.165 e. The Bertz CT molecular complexity index is 901. The van der Waals surface area contributed by atoms with Gasteiger partial charge in [-0.25, -0.2) is 0 Å². The Hall–Kier alpha value is -2.07. The summed E-state index contributed by atoms with van der Waals surface area (Å²) in [7, 11) is 2.13. The van der Waals surface area contributed by atoms with Gasteiger partial charge in [0.05, 0.1) is 0 Å². The van der Waals surface area contributed by atoms with Gasteiger partial charge in [0.1, 0.15) is 6.10 Å². The molecule has 32 heavy (non-hydrogen) atoms. The number of carbonyl (C=O) groups is 1. The first-order valence-electron chi connectivity index (χ1n) is 12.0. The molecule has 176 valence electrons. The van der Waals surface area contributed by atoms with Gasteiger partial charge >= 0.3 is 0 Å². The normalized spacial score (nSPS) is 25.5. The second kappa shape index (κ2) is 9.05. The molecule has 0 aliphatic carbocycles. The van der Waals surface area contributed by atoms with Crippen molar-refractivity contribution in [3.8, 4) is 0 Å². The van der Waals surface area contributed by atoms with E-state index in [1.165, 1.54) is 11.3 Å². The number of anilines is 1. The van der Waals surface area contributed by atoms with E-state index in [0.717, 1.165) is 17.8 Å². The third kappa shape index (κ3) is 5.28. The van der Waals surface area contributed by atoms with Gasteiger partial charge < -0.3 is 15.0 Å². The van der Waals surface area contributed by atoms with Crippen molar-refractivity contribution in [1.82, 2.24) is 4.90 Å². The van der Waals surface area contributed by atoms with Crippen LogP contribution in [-0.4, -0.2) is 36.6 Å². The second-order valence-corrected chi connectivity index (χ2v) is 11.6. The van der Waals surface area contributed by atoms with Gasteiger partial charge in [0, 0.05) is 42.9 Å². The van der Waals surface area contributed by atoms with Gasteiger partial charge in [0.15, 0.2) is 12.0 Å². The van der Waals surface area contributed by atoms with Crippen LogP contribution in [0.25, 0.3) is 0 Å². The largest absolute Gasteiger partial charge is 0.384 e. The number of para-hydroxylation sites is 1. The summed E-state index contributed by atoms with van der Waals surface area (Å²) in [6.07, 6.45) is 5.22. The molecule has 4 unspecified atom stereocenters. The molecule has 1 saturated heterocycles. The third-order valence-corrected chi connectivity index (χ3v) is 7.10. The van der Waals surface area contributed by atoms with Crippen LogP contribution < -0.4 is 5.32 Å². The number of ketones is 1. The zero-order chi connectivity index (χ0) is 23.8. The number of ether oxygens (including phenoxy) is 1. The summed E-state index contributed by atoms with van der Waals surface area (Å²) in [5.74, 6) is 0.808. The van der Waals surface area contributed by atoms with Crippen molar-refractivity contribution in [1.29, 1.82) is 0 Å². The lowest BCUT2D eigenvalue weighted by molar-refractivity contribution is 0.0959. The Morgan fingerprint density at radius 1 is 1.19 bits per heavy atom. The molecule has 1 fully saturated rings. The van der Waals surface area contributed by atoms with Gasteiger partial charge in [-0.15, -0.1) is 0 Å². The number of Topliss-reactive ketones (excluding diaryl/α,β-unsaturated/α-hetero) is 1. The summed E-state index contributed by atoms with van der Waals surface area (Å²) in [4.78, 5) is 15.1. The molecule has 2 aliphatic rings. The van der Waals surface area contributed by atoms with Crippen LogP contribution >= 0.6 is 0 Å². The van der Waals surface area contributed by atoms with Gasteiger partial charge in [-0.05, 0) is 41.4 Å². The van der Waals surface area contributed by atoms with Crippen molar-refractivity contribution in [3.05, 3.63) is 53.3 Å². The van der Waals surface area contributed by atoms with Gasteiger partial charge in [-0.2, -0.15) is 0 Å². The fraction of sp³-hybridized carbons (Fsp3) is 0.607. The molecule has 1 aromatic rings. The van der Waals surface area contributed by atoms with Crippen molar-refractivity contribution in [3.63, 3.8) is 0 Å². The Kier molecular flexibility index (Phi) is 6.95. The molecule has 3 rings (SSSR count). The first kappa shape index (κ1) is 24.6. The Morgan fingerprint density at radius 3 is 2.44 bits per heavy atom. The number of allylic oxidation sites excluding steroid dienone is 3. The highest BCUT2D eigenvalue weighted by molar-refractivity contribution is 6.01. The molecule has 0 saturated carbocycles. The van der Waals surface area contributed by atoms with Crippen LogP contribution in [-0.2, 0) is 4.74 Å². The van der Waals surface area contributed by atoms with Crippen molar-refractivity contribution >= 4 is 11.5 Å². The van der Waals surface area contributed by atoms with Gasteiger partial charge in [0.2, 0.25) is 0 Å². The fourth-order valence-corrected chi connectivity index (χ4v) is 4.45. The average molecular weight is 439 g/mol. The molecule has 0 spiro atoms. The van der Waals surface area contributed by atoms with Gasteiger partial charge in [-0.1, -0.05) is 72.8 Å². The zero-order valence-electron chi connectivity index (χ0n) is 21.5. The highest BCUT2D eigenvalue weighted by Gasteiger charge is 2.49. The smallest absolute Gasteiger partial charge is 0.165 e. The SMILES string of the molecule is CC=C(C(=CC(C)C(C)(C)C)C(C)(C)C)N(C)C1OC1C1CNc2ccccc2C(=O)C1. The lowest BCUT2D eigenvalue weighted by atomic mass is 9.76. The molecule has 1 N–H and O–H groups in total. The van der Waals surface area contributed by atoms with Crippen molar-refractivity contribution in [2.75, 3.05) is 18.9 Å². The van der Waals surface area contributed by atoms with Crippen molar-refractivity contribution in [2.45, 2.75) is 74.1 Å². The van der Waals surface area contributed by atoms with Crippen LogP contribution in [0.5, 0.6) is 0 Å². The average Bonchev–Trinajstić information content (AvgIpc) is 3.50. The third-order valence-electron chi connectivity index (χ3n) is 7.10. The van der Waals surface area contributed by atoms with Crippen LogP contribution in [0, 0.1) is 22.7 Å². The second-order valence-electron chi connectivity index (χ2n) is 11.6. The van der Waals surface area contributed by atoms with Gasteiger partial charge in [-0.3, -0.25) is 4.79 Å². The van der Waals surface area contributed by atoms with E-state index in [1.807, 2.05) is 24.3 Å². The molecule has 2 heterocycles. The van der Waals surface area contributed by atoms with E-state index in [0.29, 0.717) is 12.3 Å². The molecule has 0 aromatic heterocycles. The number of benzene rings is 1. The molecule has 1 aromatic carbocycles. The lowest BCUT2D eigenvalue weighted by Crippen LogP contribution is -2.31. The molecular weight excluding hydrogens is 396 g/mol. The molecule has 2 aliphatic heterocycles. The standard InChI is InChI=1S/C28H42N2O2/c1-10-23(21(28(6,7)8)15-18(2)27(3,4)5)30(9)26-25(32-26)19-16-24(31)20-13-11-12-14-22(20)29-17-19/h10-15,18-19,25-26,29H,16-17H2,1-9H3. The molecule has 4 atom stereocenters. The molecule has 0 amide bonds. The minimum Gasteiger partial charge on any atom is -0.384 e. The van der Waals surface area contributed by atoms with E-state index in [1.54, 1.807) is 0 Å². The van der Waals surface area contributed by atoms with Crippen LogP contribution in [0.15, 0.2) is 47.7 Å². The molecule has 4 nitrogen and oxygen atoms in total. The van der Waals surface area contributed by atoms with E-state index in [4.69, 9.17) is 4.74 Å². The summed E-state index contributed by atoms with van der Waals surface area (Å²) in [5, 5.41) is 3.47. The Balaban J connectivity index is 1.77. The number of likely N-dealkylation sites (N-methyl/N-ethyl adjacent to an activating group) is 1. The number of nitrogens with one attached hydrogen (secondary N) is 1. The van der Waals surface area contributed by atoms with Crippen LogP contribution in [0.1, 0.15) is 72.2 Å². The van der Waals surface area contributed by atoms with E-state index >= 15 is 0 Å². The van der Waals surface area contributed by atoms with E-state index in [-0.39, 0.29) is 34.9 Å². The number of epoxide rings is 1. The van der Waals surface area contributed by atoms with E-state index in [2.05, 4.69) is 84.8 Å². The predicted molar refractivity (Wildman–Crippen MR) is 134 cm³/mol. The van der Waals surface area contributed by atoms with Crippen LogP contribution in [0.2, 0.25) is 0 Å². The Morgan fingerprint density at radius 2 is 1.84 bits per heavy atom. The van der Waals surface area contributed by atoms with Crippen LogP contribution in [0.3, 0.4) is 0 Å². The summed E-state index contributed by atoms with van der Waals surface area (Å²) in [6, 6.07) is 7.81. The number of hydrogen-bond acceptors (Lipinski definition) is 4. The number of nitrogens with zero attached hydrogens (tertiary/aromatic N) is 1. The topological polar surface area (TPSA) is 44.9 Å². The quantitative estimate of drug-likeness (QED) is 0.420. The summed E-state index contributed by atoms with van der Waals surface area (Å²) < 4.78 is 6.20. The first-order valence-corrected chi connectivity index (χ1v) is 12.0. The number of carbonyl (C=O) groups excluding carboxylic acids is 1. The Labute approximate surface area is 195 Å². The summed E-state index contributed by atoms with van der Waals surface area (Å²) >= 11 is 0. The maximum absolute atomic E-state index is 12.8. The lowest BCUT2D eigenvalue weighted by Gasteiger charge is -2.34. The number of fused-ring (bicyclic) bond motifs is 1. The zero-order valence-corrected chi connectivity index (χ0v) is 21.5. The molecule has 0 radical (unpaired) electrons. The highest BCUT2D eigenvalue weighted by atomic mass is 16.6. The van der Waals surface area contributed by atoms with Crippen molar-refractivity contribution < 1.29 is 9.53 Å². The highest BCUT2D eigenvalue weighted by Crippen LogP contribution is 2.42. The monoisotopic (exact) mass is 438 g/mol. The molecular formula is C28H42N2O2. The number of hydrogen-bond donors (Lipinski definition) is 1. The molecule has 0 bridgehead atoms. The van der Waals surface area contributed by atoms with Gasteiger partial charge in [0.25, 0.3) is 0 Å². The molecule has 4 heteroatoms.